The van der Waals surface area contributed by atoms with Crippen LogP contribution in [0.4, 0.5) is 0 Å². The maximum Gasteiger partial charge on any atom is 0.0684 e. The lowest BCUT2D eigenvalue weighted by Crippen LogP contribution is -2.17. The number of hydrogen-bond donors (Lipinski definition) is 0. The second kappa shape index (κ2) is 4.98. The molecule has 1 saturated heterocycles. The van der Waals surface area contributed by atoms with E-state index in [1.165, 1.54) is 19.3 Å². The minimum Gasteiger partial charge on any atom is -0.377 e. The SMILES string of the molecule is C=CC#CC[C@H]1CCCCO1. The topological polar surface area (TPSA) is 9.23 Å². The van der Waals surface area contributed by atoms with Crippen molar-refractivity contribution in [3.63, 3.8) is 0 Å². The zero-order valence-electron chi connectivity index (χ0n) is 6.81. The van der Waals surface area contributed by atoms with Gasteiger partial charge in [-0.1, -0.05) is 18.4 Å². The highest BCUT2D eigenvalue weighted by Crippen LogP contribution is 2.14. The smallest absolute Gasteiger partial charge is 0.0684 e. The molecule has 0 spiro atoms. The molecular weight excluding hydrogens is 136 g/mol. The quantitative estimate of drug-likeness (QED) is 0.520. The Morgan fingerprint density at radius 1 is 1.55 bits per heavy atom. The first-order valence-corrected chi connectivity index (χ1v) is 4.14. The maximum atomic E-state index is 5.49. The van der Waals surface area contributed by atoms with E-state index in [1.807, 2.05) is 0 Å². The van der Waals surface area contributed by atoms with Gasteiger partial charge in [-0.05, 0) is 25.3 Å². The number of ether oxygens (including phenoxy) is 1. The summed E-state index contributed by atoms with van der Waals surface area (Å²) < 4.78 is 5.49. The Bertz CT molecular complexity index is 167. The fraction of sp³-hybridized carbons (Fsp3) is 0.600. The van der Waals surface area contributed by atoms with Gasteiger partial charge in [0.1, 0.15) is 0 Å². The van der Waals surface area contributed by atoms with Crippen LogP contribution in [0, 0.1) is 11.8 Å². The van der Waals surface area contributed by atoms with Gasteiger partial charge in [0.05, 0.1) is 6.10 Å². The van der Waals surface area contributed by atoms with Crippen molar-refractivity contribution in [1.82, 2.24) is 0 Å². The highest BCUT2D eigenvalue weighted by Gasteiger charge is 2.11. The van der Waals surface area contributed by atoms with Gasteiger partial charge in [0.15, 0.2) is 0 Å². The molecule has 0 amide bonds. The van der Waals surface area contributed by atoms with Crippen molar-refractivity contribution >= 4 is 0 Å². The number of allylic oxidation sites excluding steroid dienone is 1. The number of hydrogen-bond acceptors (Lipinski definition) is 1. The van der Waals surface area contributed by atoms with E-state index in [0.29, 0.717) is 6.10 Å². The van der Waals surface area contributed by atoms with Crippen LogP contribution in [0.3, 0.4) is 0 Å². The molecule has 1 atom stereocenters. The van der Waals surface area contributed by atoms with E-state index in [-0.39, 0.29) is 0 Å². The van der Waals surface area contributed by atoms with Gasteiger partial charge < -0.3 is 4.74 Å². The minimum atomic E-state index is 0.385. The molecule has 0 aliphatic carbocycles. The molecule has 1 nitrogen and oxygen atoms in total. The van der Waals surface area contributed by atoms with Gasteiger partial charge in [0, 0.05) is 13.0 Å². The van der Waals surface area contributed by atoms with Crippen molar-refractivity contribution in [2.75, 3.05) is 6.61 Å². The van der Waals surface area contributed by atoms with Crippen molar-refractivity contribution < 1.29 is 4.74 Å². The maximum absolute atomic E-state index is 5.49. The molecule has 0 aromatic carbocycles. The average Bonchev–Trinajstić information content (AvgIpc) is 2.07. The third kappa shape index (κ3) is 3.25. The largest absolute Gasteiger partial charge is 0.377 e. The van der Waals surface area contributed by atoms with Crippen molar-refractivity contribution in [2.45, 2.75) is 31.8 Å². The van der Waals surface area contributed by atoms with Crippen LogP contribution in [0.15, 0.2) is 12.7 Å². The van der Waals surface area contributed by atoms with E-state index in [4.69, 9.17) is 4.74 Å². The molecule has 60 valence electrons. The lowest BCUT2D eigenvalue weighted by atomic mass is 10.1. The highest BCUT2D eigenvalue weighted by molar-refractivity contribution is 5.12. The lowest BCUT2D eigenvalue weighted by molar-refractivity contribution is 0.0197. The Labute approximate surface area is 68.4 Å². The Morgan fingerprint density at radius 3 is 3.09 bits per heavy atom. The molecule has 0 aromatic heterocycles. The van der Waals surface area contributed by atoms with E-state index >= 15 is 0 Å². The molecule has 0 radical (unpaired) electrons. The summed E-state index contributed by atoms with van der Waals surface area (Å²) in [4.78, 5) is 0. The van der Waals surface area contributed by atoms with E-state index in [0.717, 1.165) is 13.0 Å². The van der Waals surface area contributed by atoms with Gasteiger partial charge in [-0.2, -0.15) is 0 Å². The van der Waals surface area contributed by atoms with E-state index in [1.54, 1.807) is 6.08 Å². The predicted octanol–water partition coefficient (Wildman–Crippen LogP) is 2.13. The Kier molecular flexibility index (Phi) is 3.79. The fourth-order valence-corrected chi connectivity index (χ4v) is 1.21. The molecule has 1 heteroatoms. The first-order valence-electron chi connectivity index (χ1n) is 4.14. The average molecular weight is 150 g/mol. The third-order valence-electron chi connectivity index (χ3n) is 1.81. The summed E-state index contributed by atoms with van der Waals surface area (Å²) in [5, 5.41) is 0. The molecule has 1 heterocycles. The van der Waals surface area contributed by atoms with Crippen LogP contribution in [0.2, 0.25) is 0 Å². The van der Waals surface area contributed by atoms with E-state index < -0.39 is 0 Å². The summed E-state index contributed by atoms with van der Waals surface area (Å²) in [5.74, 6) is 5.84. The van der Waals surface area contributed by atoms with Gasteiger partial charge in [0.2, 0.25) is 0 Å². The van der Waals surface area contributed by atoms with Crippen LogP contribution in [-0.2, 0) is 4.74 Å². The zero-order chi connectivity index (χ0) is 7.94. The van der Waals surface area contributed by atoms with Crippen molar-refractivity contribution in [2.24, 2.45) is 0 Å². The van der Waals surface area contributed by atoms with Crippen molar-refractivity contribution in [1.29, 1.82) is 0 Å². The molecule has 1 aliphatic rings. The van der Waals surface area contributed by atoms with E-state index in [2.05, 4.69) is 18.4 Å². The summed E-state index contributed by atoms with van der Waals surface area (Å²) in [6, 6.07) is 0. The van der Waals surface area contributed by atoms with Crippen LogP contribution < -0.4 is 0 Å². The Hall–Kier alpha value is -0.740. The van der Waals surface area contributed by atoms with Crippen LogP contribution in [0.5, 0.6) is 0 Å². The minimum absolute atomic E-state index is 0.385. The second-order valence-corrected chi connectivity index (χ2v) is 2.72. The highest BCUT2D eigenvalue weighted by atomic mass is 16.5. The molecule has 0 saturated carbocycles. The summed E-state index contributed by atoms with van der Waals surface area (Å²) in [6.45, 7) is 4.45. The van der Waals surface area contributed by atoms with Crippen molar-refractivity contribution in [3.8, 4) is 11.8 Å². The summed E-state index contributed by atoms with van der Waals surface area (Å²) in [5.41, 5.74) is 0. The summed E-state index contributed by atoms with van der Waals surface area (Å²) >= 11 is 0. The molecule has 0 unspecified atom stereocenters. The summed E-state index contributed by atoms with van der Waals surface area (Å²) in [7, 11) is 0. The first-order chi connectivity index (χ1) is 5.43. The van der Waals surface area contributed by atoms with Crippen LogP contribution in [-0.4, -0.2) is 12.7 Å². The van der Waals surface area contributed by atoms with Gasteiger partial charge in [-0.25, -0.2) is 0 Å². The lowest BCUT2D eigenvalue weighted by Gasteiger charge is -2.20. The molecule has 1 fully saturated rings. The fourth-order valence-electron chi connectivity index (χ4n) is 1.21. The molecule has 11 heavy (non-hydrogen) atoms. The predicted molar refractivity (Wildman–Crippen MR) is 46.2 cm³/mol. The van der Waals surface area contributed by atoms with Crippen LogP contribution in [0.25, 0.3) is 0 Å². The van der Waals surface area contributed by atoms with Gasteiger partial charge in [-0.3, -0.25) is 0 Å². The standard InChI is InChI=1S/C10H14O/c1-2-3-4-7-10-8-5-6-9-11-10/h2,10H,1,5-9H2/t10-/m0/s1. The molecule has 1 rings (SSSR count). The third-order valence-corrected chi connectivity index (χ3v) is 1.81. The zero-order valence-corrected chi connectivity index (χ0v) is 6.81. The molecule has 1 aliphatic heterocycles. The van der Waals surface area contributed by atoms with Crippen LogP contribution >= 0.6 is 0 Å². The summed E-state index contributed by atoms with van der Waals surface area (Å²) in [6.07, 6.45) is 6.56. The molecular formula is C10H14O. The Balaban J connectivity index is 2.19. The van der Waals surface area contributed by atoms with Gasteiger partial charge in [0.25, 0.3) is 0 Å². The normalized spacial score (nSPS) is 23.5. The monoisotopic (exact) mass is 150 g/mol. The van der Waals surface area contributed by atoms with E-state index in [9.17, 15) is 0 Å². The van der Waals surface area contributed by atoms with Crippen molar-refractivity contribution in [3.05, 3.63) is 12.7 Å². The van der Waals surface area contributed by atoms with Gasteiger partial charge >= 0.3 is 0 Å². The Morgan fingerprint density at radius 2 is 2.45 bits per heavy atom. The first kappa shape index (κ1) is 8.36. The molecule has 0 aromatic rings. The second-order valence-electron chi connectivity index (χ2n) is 2.72. The molecule has 0 N–H and O–H groups in total. The van der Waals surface area contributed by atoms with Crippen LogP contribution in [0.1, 0.15) is 25.7 Å². The number of rotatable bonds is 1. The van der Waals surface area contributed by atoms with Gasteiger partial charge in [-0.15, -0.1) is 0 Å². The molecule has 0 bridgehead atoms.